The highest BCUT2D eigenvalue weighted by molar-refractivity contribution is 8.15. The van der Waals surface area contributed by atoms with Crippen LogP contribution >= 0.6 is 23.4 Å². The number of halogens is 2. The average molecular weight is 512 g/mol. The number of rotatable bonds is 5. The van der Waals surface area contributed by atoms with Crippen LogP contribution in [-0.4, -0.2) is 33.9 Å². The van der Waals surface area contributed by atoms with Crippen LogP contribution in [0.25, 0.3) is 0 Å². The number of amidine groups is 1. The third-order valence-electron chi connectivity index (χ3n) is 5.39. The van der Waals surface area contributed by atoms with Gasteiger partial charge in [0.2, 0.25) is 18.6 Å². The van der Waals surface area contributed by atoms with E-state index >= 15 is 0 Å². The standard InChI is InChI=1S/C25H19ClFN3O4S/c26-18-3-1-2-4-19(18)29-24(32)22-12-23(31)30(13-15-5-10-20-21(11-15)34-14-33-20)25(35-22)28-17-8-6-16(27)7-9-17/h1-11,22H,12-14H2,(H,29,32). The number of anilines is 1. The van der Waals surface area contributed by atoms with Crippen molar-refractivity contribution in [3.05, 3.63) is 83.1 Å². The lowest BCUT2D eigenvalue weighted by Gasteiger charge is -2.32. The predicted octanol–water partition coefficient (Wildman–Crippen LogP) is 5.37. The smallest absolute Gasteiger partial charge is 0.238 e. The molecule has 0 saturated carbocycles. The van der Waals surface area contributed by atoms with Crippen LogP contribution in [0.1, 0.15) is 12.0 Å². The van der Waals surface area contributed by atoms with Gasteiger partial charge in [0.15, 0.2) is 16.7 Å². The molecule has 3 aromatic rings. The van der Waals surface area contributed by atoms with Gasteiger partial charge in [-0.3, -0.25) is 14.5 Å². The summed E-state index contributed by atoms with van der Waals surface area (Å²) in [5.74, 6) is 0.237. The van der Waals surface area contributed by atoms with Crippen molar-refractivity contribution < 1.29 is 23.5 Å². The first-order valence-corrected chi connectivity index (χ1v) is 12.0. The van der Waals surface area contributed by atoms with Crippen molar-refractivity contribution in [2.45, 2.75) is 18.2 Å². The van der Waals surface area contributed by atoms with Gasteiger partial charge in [0.1, 0.15) is 11.1 Å². The van der Waals surface area contributed by atoms with Crippen molar-refractivity contribution >= 4 is 51.7 Å². The number of hydrogen-bond donors (Lipinski definition) is 1. The van der Waals surface area contributed by atoms with Crippen LogP contribution in [0.15, 0.2) is 71.7 Å². The van der Waals surface area contributed by atoms with Gasteiger partial charge < -0.3 is 14.8 Å². The van der Waals surface area contributed by atoms with Gasteiger partial charge in [-0.25, -0.2) is 9.38 Å². The van der Waals surface area contributed by atoms with Crippen molar-refractivity contribution in [1.82, 2.24) is 4.90 Å². The normalized spacial score (nSPS) is 18.1. The second-order valence-corrected chi connectivity index (χ2v) is 9.40. The highest BCUT2D eigenvalue weighted by Gasteiger charge is 2.36. The number of nitrogens with zero attached hydrogens (tertiary/aromatic N) is 2. The number of benzene rings is 3. The maximum Gasteiger partial charge on any atom is 0.238 e. The summed E-state index contributed by atoms with van der Waals surface area (Å²) in [5.41, 5.74) is 1.74. The van der Waals surface area contributed by atoms with Gasteiger partial charge in [-0.05, 0) is 54.1 Å². The van der Waals surface area contributed by atoms with Crippen LogP contribution in [0.2, 0.25) is 5.02 Å². The van der Waals surface area contributed by atoms with Crippen LogP contribution in [0.3, 0.4) is 0 Å². The number of nitrogens with one attached hydrogen (secondary N) is 1. The first-order chi connectivity index (χ1) is 17.0. The lowest BCUT2D eigenvalue weighted by atomic mass is 10.1. The first kappa shape index (κ1) is 23.2. The highest BCUT2D eigenvalue weighted by atomic mass is 35.5. The topological polar surface area (TPSA) is 80.2 Å². The molecule has 0 aromatic heterocycles. The third-order valence-corrected chi connectivity index (χ3v) is 6.91. The van der Waals surface area contributed by atoms with Crippen LogP contribution in [0.5, 0.6) is 11.5 Å². The Morgan fingerprint density at radius 2 is 1.89 bits per heavy atom. The Hall–Kier alpha value is -3.56. The van der Waals surface area contributed by atoms with Gasteiger partial charge in [0.05, 0.1) is 22.9 Å². The minimum atomic E-state index is -0.717. The number of aliphatic imine (C=N–C) groups is 1. The van der Waals surface area contributed by atoms with Gasteiger partial charge >= 0.3 is 0 Å². The number of thioether (sulfide) groups is 1. The Morgan fingerprint density at radius 3 is 2.69 bits per heavy atom. The number of hydrogen-bond acceptors (Lipinski definition) is 6. The summed E-state index contributed by atoms with van der Waals surface area (Å²) < 4.78 is 24.2. The molecule has 1 unspecified atom stereocenters. The molecule has 2 aliphatic heterocycles. The van der Waals surface area contributed by atoms with E-state index in [4.69, 9.17) is 21.1 Å². The molecule has 2 aliphatic rings. The third kappa shape index (κ3) is 5.26. The second-order valence-electron chi connectivity index (χ2n) is 7.82. The molecule has 7 nitrogen and oxygen atoms in total. The Bertz CT molecular complexity index is 1320. The monoisotopic (exact) mass is 511 g/mol. The van der Waals surface area contributed by atoms with Crippen LogP contribution in [0, 0.1) is 5.82 Å². The molecular weight excluding hydrogens is 493 g/mol. The molecule has 10 heteroatoms. The summed E-state index contributed by atoms with van der Waals surface area (Å²) in [5, 5.41) is 2.81. The Kier molecular flexibility index (Phi) is 6.61. The van der Waals surface area contributed by atoms with E-state index in [1.165, 1.54) is 40.9 Å². The van der Waals surface area contributed by atoms with E-state index in [2.05, 4.69) is 10.3 Å². The van der Waals surface area contributed by atoms with Crippen molar-refractivity contribution in [2.75, 3.05) is 12.1 Å². The van der Waals surface area contributed by atoms with E-state index in [1.54, 1.807) is 30.3 Å². The fourth-order valence-electron chi connectivity index (χ4n) is 3.62. The van der Waals surface area contributed by atoms with Crippen LogP contribution in [0.4, 0.5) is 15.8 Å². The number of amides is 2. The minimum absolute atomic E-state index is 0.0199. The molecule has 178 valence electrons. The van der Waals surface area contributed by atoms with Gasteiger partial charge in [-0.15, -0.1) is 0 Å². The summed E-state index contributed by atoms with van der Waals surface area (Å²) >= 11 is 7.34. The molecule has 3 aromatic carbocycles. The Morgan fingerprint density at radius 1 is 1.11 bits per heavy atom. The van der Waals surface area contributed by atoms with E-state index in [0.29, 0.717) is 33.1 Å². The van der Waals surface area contributed by atoms with Crippen molar-refractivity contribution in [2.24, 2.45) is 4.99 Å². The molecule has 2 amide bonds. The fourth-order valence-corrected chi connectivity index (χ4v) is 4.90. The average Bonchev–Trinajstić information content (AvgIpc) is 3.32. The zero-order chi connectivity index (χ0) is 24.4. The van der Waals surface area contributed by atoms with Crippen molar-refractivity contribution in [3.63, 3.8) is 0 Å². The zero-order valence-electron chi connectivity index (χ0n) is 18.2. The number of para-hydroxylation sites is 1. The van der Waals surface area contributed by atoms with Gasteiger partial charge in [-0.1, -0.05) is 41.6 Å². The quantitative estimate of drug-likeness (QED) is 0.498. The highest BCUT2D eigenvalue weighted by Crippen LogP contribution is 2.35. The first-order valence-electron chi connectivity index (χ1n) is 10.7. The molecular formula is C25H19ClFN3O4S. The molecule has 5 rings (SSSR count). The maximum atomic E-state index is 13.4. The molecule has 1 fully saturated rings. The van der Waals surface area contributed by atoms with E-state index in [9.17, 15) is 14.0 Å². The number of carbonyl (C=O) groups excluding carboxylic acids is 2. The fraction of sp³-hybridized carbons (Fsp3) is 0.160. The molecule has 0 radical (unpaired) electrons. The van der Waals surface area contributed by atoms with Crippen LogP contribution < -0.4 is 14.8 Å². The molecule has 35 heavy (non-hydrogen) atoms. The molecule has 0 spiro atoms. The lowest BCUT2D eigenvalue weighted by molar-refractivity contribution is -0.129. The van der Waals surface area contributed by atoms with Crippen LogP contribution in [-0.2, 0) is 16.1 Å². The minimum Gasteiger partial charge on any atom is -0.454 e. The SMILES string of the molecule is O=C(Nc1ccccc1Cl)C1CC(=O)N(Cc2ccc3c(c2)OCO3)C(=Nc2ccc(F)cc2)S1. The number of carbonyl (C=O) groups is 2. The summed E-state index contributed by atoms with van der Waals surface area (Å²) in [6, 6.07) is 17.9. The maximum absolute atomic E-state index is 13.4. The van der Waals surface area contributed by atoms with E-state index in [1.807, 2.05) is 12.1 Å². The Labute approximate surface area is 209 Å². The molecule has 1 saturated heterocycles. The summed E-state index contributed by atoms with van der Waals surface area (Å²) in [6.45, 7) is 0.373. The largest absolute Gasteiger partial charge is 0.454 e. The molecule has 1 atom stereocenters. The molecule has 0 aliphatic carbocycles. The summed E-state index contributed by atoms with van der Waals surface area (Å²) in [6.07, 6.45) is -0.0199. The van der Waals surface area contributed by atoms with E-state index in [0.717, 1.165) is 5.56 Å². The predicted molar refractivity (Wildman–Crippen MR) is 133 cm³/mol. The number of fused-ring (bicyclic) bond motifs is 1. The lowest BCUT2D eigenvalue weighted by Crippen LogP contribution is -2.44. The molecule has 0 bridgehead atoms. The summed E-state index contributed by atoms with van der Waals surface area (Å²) in [7, 11) is 0. The van der Waals surface area contributed by atoms with Crippen molar-refractivity contribution in [1.29, 1.82) is 0 Å². The van der Waals surface area contributed by atoms with Gasteiger partial charge in [-0.2, -0.15) is 0 Å². The molecule has 1 N–H and O–H groups in total. The Balaban J connectivity index is 1.41. The molecule has 2 heterocycles. The van der Waals surface area contributed by atoms with Gasteiger partial charge in [0, 0.05) is 6.42 Å². The second kappa shape index (κ2) is 9.97. The van der Waals surface area contributed by atoms with E-state index in [-0.39, 0.29) is 31.6 Å². The van der Waals surface area contributed by atoms with E-state index < -0.39 is 11.1 Å². The van der Waals surface area contributed by atoms with Gasteiger partial charge in [0.25, 0.3) is 0 Å². The number of ether oxygens (including phenoxy) is 2. The van der Waals surface area contributed by atoms with Crippen molar-refractivity contribution in [3.8, 4) is 11.5 Å². The summed E-state index contributed by atoms with van der Waals surface area (Å²) in [4.78, 5) is 32.3. The zero-order valence-corrected chi connectivity index (χ0v) is 19.8.